The number of amides is 1. The predicted molar refractivity (Wildman–Crippen MR) is 115 cm³/mol. The number of aromatic nitrogens is 3. The molecule has 8 nitrogen and oxygen atoms in total. The molecule has 4 rings (SSSR count). The zero-order valence-corrected chi connectivity index (χ0v) is 16.5. The summed E-state index contributed by atoms with van der Waals surface area (Å²) < 4.78 is 0. The van der Waals surface area contributed by atoms with Crippen LogP contribution in [-0.4, -0.2) is 45.0 Å². The van der Waals surface area contributed by atoms with E-state index >= 15 is 0 Å². The highest BCUT2D eigenvalue weighted by Crippen LogP contribution is 2.39. The van der Waals surface area contributed by atoms with Crippen molar-refractivity contribution in [2.24, 2.45) is 0 Å². The smallest absolute Gasteiger partial charge is 0.275 e. The van der Waals surface area contributed by atoms with E-state index in [1.807, 2.05) is 24.4 Å². The molecule has 0 bridgehead atoms. The molecule has 0 spiro atoms. The molecule has 0 saturated heterocycles. The lowest BCUT2D eigenvalue weighted by Crippen LogP contribution is -2.26. The van der Waals surface area contributed by atoms with Gasteiger partial charge in [-0.15, -0.1) is 0 Å². The Kier molecular flexibility index (Phi) is 5.30. The van der Waals surface area contributed by atoms with Crippen LogP contribution in [0.15, 0.2) is 54.9 Å². The van der Waals surface area contributed by atoms with Crippen molar-refractivity contribution in [1.82, 2.24) is 19.9 Å². The maximum atomic E-state index is 12.7. The molecule has 1 aliphatic carbocycles. The van der Waals surface area contributed by atoms with Crippen molar-refractivity contribution in [2.75, 3.05) is 12.4 Å². The molecule has 0 atom stereocenters. The van der Waals surface area contributed by atoms with Gasteiger partial charge in [0.15, 0.2) is 5.84 Å². The van der Waals surface area contributed by atoms with Crippen LogP contribution >= 0.6 is 0 Å². The van der Waals surface area contributed by atoms with Crippen LogP contribution in [0.5, 0.6) is 0 Å². The topological polar surface area (TPSA) is 119 Å². The molecule has 0 aliphatic heterocycles. The second kappa shape index (κ2) is 8.20. The number of rotatable bonds is 6. The molecule has 0 unspecified atom stereocenters. The Morgan fingerprint density at radius 3 is 2.67 bits per heavy atom. The quantitative estimate of drug-likeness (QED) is 0.433. The molecule has 0 aromatic carbocycles. The van der Waals surface area contributed by atoms with Crippen molar-refractivity contribution in [1.29, 1.82) is 10.8 Å². The van der Waals surface area contributed by atoms with Crippen molar-refractivity contribution in [3.05, 3.63) is 71.9 Å². The van der Waals surface area contributed by atoms with Gasteiger partial charge in [-0.3, -0.25) is 25.6 Å². The van der Waals surface area contributed by atoms with E-state index in [0.29, 0.717) is 17.4 Å². The van der Waals surface area contributed by atoms with Crippen molar-refractivity contribution in [3.63, 3.8) is 0 Å². The number of nitrogens with one attached hydrogen (secondary N) is 3. The molecule has 1 amide bonds. The zero-order chi connectivity index (χ0) is 21.1. The first-order valence-electron chi connectivity index (χ1n) is 9.58. The lowest BCUT2D eigenvalue weighted by molar-refractivity contribution is 0.102. The Hall–Kier alpha value is -3.94. The van der Waals surface area contributed by atoms with Gasteiger partial charge < -0.3 is 10.2 Å². The van der Waals surface area contributed by atoms with Gasteiger partial charge in [0, 0.05) is 36.6 Å². The second-order valence-electron chi connectivity index (χ2n) is 7.13. The monoisotopic (exact) mass is 399 g/mol. The summed E-state index contributed by atoms with van der Waals surface area (Å²) in [7, 11) is 1.59. The number of nitrogens with zero attached hydrogens (tertiary/aromatic N) is 4. The Labute approximate surface area is 174 Å². The molecule has 30 heavy (non-hydrogen) atoms. The average Bonchev–Trinajstić information content (AvgIpc) is 3.64. The summed E-state index contributed by atoms with van der Waals surface area (Å²) in [5, 5.41) is 18.0. The minimum Gasteiger partial charge on any atom is -0.319 e. The van der Waals surface area contributed by atoms with E-state index in [0.717, 1.165) is 23.2 Å². The lowest BCUT2D eigenvalue weighted by atomic mass is 10.1. The highest BCUT2D eigenvalue weighted by Gasteiger charge is 2.24. The molecular weight excluding hydrogens is 378 g/mol. The standard InChI is InChI=1S/C22H21N7O/c1-29(13-23)21(24)18-3-2-4-20(27-18)28-22(30)19-11-15(9-10-25-19)16-7-8-17(26-12-16)14-5-6-14/h2-4,7-14,23-24H,5-6H2,1H3,(H,27,28,30). The summed E-state index contributed by atoms with van der Waals surface area (Å²) in [6.07, 6.45) is 6.87. The summed E-state index contributed by atoms with van der Waals surface area (Å²) >= 11 is 0. The van der Waals surface area contributed by atoms with Crippen LogP contribution in [0.4, 0.5) is 5.82 Å². The summed E-state index contributed by atoms with van der Waals surface area (Å²) in [6.45, 7) is 0. The van der Waals surface area contributed by atoms with E-state index in [-0.39, 0.29) is 11.5 Å². The number of hydrogen-bond donors (Lipinski definition) is 3. The molecule has 150 valence electrons. The first-order valence-corrected chi connectivity index (χ1v) is 9.58. The highest BCUT2D eigenvalue weighted by molar-refractivity contribution is 6.04. The predicted octanol–water partition coefficient (Wildman–Crippen LogP) is 3.53. The maximum Gasteiger partial charge on any atom is 0.275 e. The maximum absolute atomic E-state index is 12.7. The molecule has 1 saturated carbocycles. The third-order valence-corrected chi connectivity index (χ3v) is 4.89. The third-order valence-electron chi connectivity index (χ3n) is 4.89. The second-order valence-corrected chi connectivity index (χ2v) is 7.13. The summed E-state index contributed by atoms with van der Waals surface area (Å²) in [5.74, 6) is 0.573. The van der Waals surface area contributed by atoms with Crippen molar-refractivity contribution in [3.8, 4) is 11.1 Å². The lowest BCUT2D eigenvalue weighted by Gasteiger charge is -2.13. The van der Waals surface area contributed by atoms with E-state index in [4.69, 9.17) is 10.8 Å². The number of pyridine rings is 3. The SMILES string of the molecule is CN(C=N)C(=N)c1cccc(NC(=O)c2cc(-c3ccc(C4CC4)nc3)ccn2)n1. The first kappa shape index (κ1) is 19.4. The fraction of sp³-hybridized carbons (Fsp3) is 0.182. The molecule has 1 aliphatic rings. The first-order chi connectivity index (χ1) is 14.5. The van der Waals surface area contributed by atoms with E-state index in [9.17, 15) is 4.79 Å². The molecule has 8 heteroatoms. The van der Waals surface area contributed by atoms with Crippen LogP contribution in [0.25, 0.3) is 11.1 Å². The van der Waals surface area contributed by atoms with Gasteiger partial charge in [0.25, 0.3) is 5.91 Å². The Bertz CT molecular complexity index is 1110. The zero-order valence-electron chi connectivity index (χ0n) is 16.5. The van der Waals surface area contributed by atoms with Crippen LogP contribution < -0.4 is 5.32 Å². The number of carbonyl (C=O) groups excluding carboxylic acids is 1. The van der Waals surface area contributed by atoms with Crippen LogP contribution in [0.3, 0.4) is 0 Å². The Morgan fingerprint density at radius 2 is 1.97 bits per heavy atom. The summed E-state index contributed by atoms with van der Waals surface area (Å²) in [6, 6.07) is 12.6. The summed E-state index contributed by atoms with van der Waals surface area (Å²) in [5.41, 5.74) is 3.52. The van der Waals surface area contributed by atoms with E-state index in [2.05, 4.69) is 20.3 Å². The highest BCUT2D eigenvalue weighted by atomic mass is 16.1. The van der Waals surface area contributed by atoms with Gasteiger partial charge in [0.2, 0.25) is 0 Å². The van der Waals surface area contributed by atoms with Gasteiger partial charge in [0.1, 0.15) is 17.2 Å². The molecular formula is C22H21N7O. The van der Waals surface area contributed by atoms with Crippen LogP contribution in [-0.2, 0) is 0 Å². The minimum atomic E-state index is -0.393. The average molecular weight is 399 g/mol. The number of amidine groups is 1. The molecule has 3 aromatic rings. The van der Waals surface area contributed by atoms with Gasteiger partial charge in [0.05, 0.1) is 6.34 Å². The van der Waals surface area contributed by atoms with Crippen LogP contribution in [0, 0.1) is 10.8 Å². The molecule has 1 fully saturated rings. The van der Waals surface area contributed by atoms with Gasteiger partial charge in [-0.2, -0.15) is 0 Å². The third kappa shape index (κ3) is 4.22. The summed E-state index contributed by atoms with van der Waals surface area (Å²) in [4.78, 5) is 27.0. The fourth-order valence-electron chi connectivity index (χ4n) is 2.99. The van der Waals surface area contributed by atoms with E-state index in [1.54, 1.807) is 37.5 Å². The van der Waals surface area contributed by atoms with Crippen molar-refractivity contribution in [2.45, 2.75) is 18.8 Å². The van der Waals surface area contributed by atoms with Gasteiger partial charge in [-0.25, -0.2) is 4.98 Å². The van der Waals surface area contributed by atoms with E-state index < -0.39 is 5.91 Å². The Morgan fingerprint density at radius 1 is 1.13 bits per heavy atom. The largest absolute Gasteiger partial charge is 0.319 e. The molecule has 3 aromatic heterocycles. The van der Waals surface area contributed by atoms with Crippen LogP contribution in [0.1, 0.15) is 40.6 Å². The Balaban J connectivity index is 1.51. The van der Waals surface area contributed by atoms with Crippen LogP contribution in [0.2, 0.25) is 0 Å². The van der Waals surface area contributed by atoms with Crippen molar-refractivity contribution >= 4 is 23.9 Å². The molecule has 0 radical (unpaired) electrons. The van der Waals surface area contributed by atoms with Crippen molar-refractivity contribution < 1.29 is 4.79 Å². The molecule has 3 N–H and O–H groups in total. The van der Waals surface area contributed by atoms with E-state index in [1.165, 1.54) is 17.7 Å². The van der Waals surface area contributed by atoms with Gasteiger partial charge in [-0.1, -0.05) is 12.1 Å². The normalized spacial score (nSPS) is 12.8. The minimum absolute atomic E-state index is 0.0587. The molecule has 3 heterocycles. The van der Waals surface area contributed by atoms with Gasteiger partial charge >= 0.3 is 0 Å². The fourth-order valence-corrected chi connectivity index (χ4v) is 2.99. The number of anilines is 1. The number of carbonyl (C=O) groups is 1. The number of hydrogen-bond acceptors (Lipinski definition) is 6. The van der Waals surface area contributed by atoms with Gasteiger partial charge in [-0.05, 0) is 48.7 Å².